The number of hydrogen-bond acceptors (Lipinski definition) is 5. The molecule has 0 amide bonds. The highest BCUT2D eigenvalue weighted by Crippen LogP contribution is 2.35. The average Bonchev–Trinajstić information content (AvgIpc) is 2.76. The Morgan fingerprint density at radius 3 is 2.79 bits per heavy atom. The first-order valence-corrected chi connectivity index (χ1v) is 8.22. The molecule has 0 aliphatic carbocycles. The molecule has 1 spiro atoms. The largest absolute Gasteiger partial charge is 0.481 e. The van der Waals surface area contributed by atoms with Crippen LogP contribution >= 0.6 is 0 Å². The minimum absolute atomic E-state index is 0.302. The van der Waals surface area contributed by atoms with Crippen LogP contribution < -0.4 is 0 Å². The van der Waals surface area contributed by atoms with Crippen LogP contribution in [0.3, 0.4) is 0 Å². The Balaban J connectivity index is 2.05. The number of carbonyl (C=O) groups is 1. The van der Waals surface area contributed by atoms with Crippen molar-refractivity contribution in [1.82, 2.24) is 0 Å². The lowest BCUT2D eigenvalue weighted by atomic mass is 9.93. The second-order valence-corrected chi connectivity index (χ2v) is 7.84. The zero-order valence-electron chi connectivity index (χ0n) is 11.0. The summed E-state index contributed by atoms with van der Waals surface area (Å²) >= 11 is 0. The maximum Gasteiger partial charge on any atom is 0.307 e. The van der Waals surface area contributed by atoms with Crippen LogP contribution in [0.2, 0.25) is 0 Å². The molecule has 110 valence electrons. The van der Waals surface area contributed by atoms with E-state index in [0.29, 0.717) is 39.1 Å². The van der Waals surface area contributed by atoms with Crippen LogP contribution in [-0.4, -0.2) is 55.9 Å². The summed E-state index contributed by atoms with van der Waals surface area (Å²) in [5.41, 5.74) is -0.470. The van der Waals surface area contributed by atoms with Crippen molar-refractivity contribution < 1.29 is 27.8 Å². The van der Waals surface area contributed by atoms with Crippen LogP contribution in [0.4, 0.5) is 0 Å². The van der Waals surface area contributed by atoms with Gasteiger partial charge in [-0.25, -0.2) is 8.42 Å². The minimum atomic E-state index is -3.41. The number of carboxylic acids is 1. The Morgan fingerprint density at radius 2 is 2.21 bits per heavy atom. The third-order valence-corrected chi connectivity index (χ3v) is 6.31. The van der Waals surface area contributed by atoms with E-state index in [1.54, 1.807) is 0 Å². The van der Waals surface area contributed by atoms with E-state index in [0.717, 1.165) is 0 Å². The molecule has 19 heavy (non-hydrogen) atoms. The topological polar surface area (TPSA) is 89.9 Å². The standard InChI is InChI=1S/C12H20O6S/c1-9(11(13)14)7-19(15,16)10-2-4-18-12(6-10)3-5-17-8-12/h9-10H,2-8H2,1H3,(H,13,14). The van der Waals surface area contributed by atoms with Crippen molar-refractivity contribution in [1.29, 1.82) is 0 Å². The summed E-state index contributed by atoms with van der Waals surface area (Å²) in [7, 11) is -3.41. The van der Waals surface area contributed by atoms with Gasteiger partial charge in [0.2, 0.25) is 0 Å². The smallest absolute Gasteiger partial charge is 0.307 e. The van der Waals surface area contributed by atoms with Crippen LogP contribution in [0.5, 0.6) is 0 Å². The zero-order chi connectivity index (χ0) is 14.1. The van der Waals surface area contributed by atoms with Gasteiger partial charge in [0.15, 0.2) is 9.84 Å². The van der Waals surface area contributed by atoms with Gasteiger partial charge in [-0.3, -0.25) is 4.79 Å². The van der Waals surface area contributed by atoms with E-state index in [1.807, 2.05) is 0 Å². The Kier molecular flexibility index (Phi) is 4.17. The van der Waals surface area contributed by atoms with E-state index >= 15 is 0 Å². The molecule has 0 saturated carbocycles. The number of rotatable bonds is 4. The Hall–Kier alpha value is -0.660. The van der Waals surface area contributed by atoms with Gasteiger partial charge < -0.3 is 14.6 Å². The fraction of sp³-hybridized carbons (Fsp3) is 0.917. The van der Waals surface area contributed by atoms with E-state index in [-0.39, 0.29) is 5.75 Å². The fourth-order valence-corrected chi connectivity index (χ4v) is 4.83. The summed E-state index contributed by atoms with van der Waals surface area (Å²) in [4.78, 5) is 10.8. The Bertz CT molecular complexity index is 437. The highest BCUT2D eigenvalue weighted by molar-refractivity contribution is 7.92. The molecule has 1 N–H and O–H groups in total. The summed E-state index contributed by atoms with van der Waals surface area (Å²) in [6.07, 6.45) is 1.57. The van der Waals surface area contributed by atoms with Gasteiger partial charge in [-0.15, -0.1) is 0 Å². The number of carboxylic acid groups (broad SMARTS) is 1. The van der Waals surface area contributed by atoms with Crippen molar-refractivity contribution in [3.8, 4) is 0 Å². The SMILES string of the molecule is CC(CS(=O)(=O)C1CCOC2(CCOC2)C1)C(=O)O. The average molecular weight is 292 g/mol. The van der Waals surface area contributed by atoms with Crippen LogP contribution in [0, 0.1) is 5.92 Å². The third-order valence-electron chi connectivity index (χ3n) is 3.93. The molecule has 7 heteroatoms. The lowest BCUT2D eigenvalue weighted by Gasteiger charge is -2.36. The molecule has 0 radical (unpaired) electrons. The van der Waals surface area contributed by atoms with Crippen LogP contribution in [0.15, 0.2) is 0 Å². The molecule has 2 fully saturated rings. The highest BCUT2D eigenvalue weighted by atomic mass is 32.2. The van der Waals surface area contributed by atoms with Crippen molar-refractivity contribution in [3.05, 3.63) is 0 Å². The molecule has 2 aliphatic heterocycles. The molecule has 3 unspecified atom stereocenters. The summed E-state index contributed by atoms with van der Waals surface area (Å²) < 4.78 is 35.6. The molecule has 0 bridgehead atoms. The number of aliphatic carboxylic acids is 1. The second kappa shape index (κ2) is 5.38. The van der Waals surface area contributed by atoms with Gasteiger partial charge in [-0.05, 0) is 12.8 Å². The van der Waals surface area contributed by atoms with Crippen LogP contribution in [0.1, 0.15) is 26.2 Å². The first-order valence-electron chi connectivity index (χ1n) is 6.51. The van der Waals surface area contributed by atoms with Gasteiger partial charge in [-0.1, -0.05) is 6.92 Å². The summed E-state index contributed by atoms with van der Waals surface area (Å²) in [6.45, 7) is 2.86. The predicted molar refractivity (Wildman–Crippen MR) is 67.7 cm³/mol. The molecule has 2 saturated heterocycles. The lowest BCUT2D eigenvalue weighted by molar-refractivity contribution is -0.140. The van der Waals surface area contributed by atoms with Crippen molar-refractivity contribution in [2.24, 2.45) is 5.92 Å². The van der Waals surface area contributed by atoms with Crippen molar-refractivity contribution in [2.75, 3.05) is 25.6 Å². The van der Waals surface area contributed by atoms with Gasteiger partial charge in [0, 0.05) is 19.6 Å². The van der Waals surface area contributed by atoms with E-state index in [9.17, 15) is 13.2 Å². The second-order valence-electron chi connectivity index (χ2n) is 5.52. The van der Waals surface area contributed by atoms with Gasteiger partial charge >= 0.3 is 5.97 Å². The van der Waals surface area contributed by atoms with Crippen molar-refractivity contribution >= 4 is 15.8 Å². The Morgan fingerprint density at radius 1 is 1.47 bits per heavy atom. The maximum absolute atomic E-state index is 12.3. The van der Waals surface area contributed by atoms with E-state index in [1.165, 1.54) is 6.92 Å². The normalized spacial score (nSPS) is 33.4. The monoisotopic (exact) mass is 292 g/mol. The summed E-state index contributed by atoms with van der Waals surface area (Å²) in [5.74, 6) is -2.25. The molecule has 0 aromatic rings. The minimum Gasteiger partial charge on any atom is -0.481 e. The van der Waals surface area contributed by atoms with Crippen LogP contribution in [-0.2, 0) is 24.1 Å². The molecular formula is C12H20O6S. The molecule has 2 heterocycles. The summed E-state index contributed by atoms with van der Waals surface area (Å²) in [5, 5.41) is 8.33. The molecule has 6 nitrogen and oxygen atoms in total. The zero-order valence-corrected chi connectivity index (χ0v) is 11.8. The van der Waals surface area contributed by atoms with E-state index < -0.39 is 32.6 Å². The molecule has 0 aromatic carbocycles. The maximum atomic E-state index is 12.3. The predicted octanol–water partition coefficient (Wildman–Crippen LogP) is 0.460. The number of hydrogen-bond donors (Lipinski definition) is 1. The molecule has 0 aromatic heterocycles. The van der Waals surface area contributed by atoms with Gasteiger partial charge in [-0.2, -0.15) is 0 Å². The molecule has 3 atom stereocenters. The Labute approximate surface area is 113 Å². The molecular weight excluding hydrogens is 272 g/mol. The third kappa shape index (κ3) is 3.27. The van der Waals surface area contributed by atoms with E-state index in [2.05, 4.69) is 0 Å². The molecule has 2 rings (SSSR count). The summed E-state index contributed by atoms with van der Waals surface area (Å²) in [6, 6.07) is 0. The van der Waals surface area contributed by atoms with Crippen LogP contribution in [0.25, 0.3) is 0 Å². The quantitative estimate of drug-likeness (QED) is 0.809. The highest BCUT2D eigenvalue weighted by Gasteiger charge is 2.45. The first kappa shape index (κ1) is 14.7. The van der Waals surface area contributed by atoms with Crippen molar-refractivity contribution in [2.45, 2.75) is 37.0 Å². The number of sulfone groups is 1. The van der Waals surface area contributed by atoms with Gasteiger partial charge in [0.25, 0.3) is 0 Å². The van der Waals surface area contributed by atoms with Crippen molar-refractivity contribution in [3.63, 3.8) is 0 Å². The van der Waals surface area contributed by atoms with Gasteiger partial charge in [0.1, 0.15) is 0 Å². The lowest BCUT2D eigenvalue weighted by Crippen LogP contribution is -2.46. The fourth-order valence-electron chi connectivity index (χ4n) is 2.71. The molecule has 2 aliphatic rings. The first-order chi connectivity index (χ1) is 8.85. The number of ether oxygens (including phenoxy) is 2. The van der Waals surface area contributed by atoms with Gasteiger partial charge in [0.05, 0.1) is 29.1 Å². The van der Waals surface area contributed by atoms with E-state index in [4.69, 9.17) is 14.6 Å².